The second-order valence-electron chi connectivity index (χ2n) is 2.51. The van der Waals surface area contributed by atoms with Crippen LogP contribution in [0.25, 0.3) is 0 Å². The quantitative estimate of drug-likeness (QED) is 0.486. The Kier molecular flexibility index (Phi) is 3.93. The molecule has 2 N–H and O–H groups in total. The van der Waals surface area contributed by atoms with Crippen molar-refractivity contribution in [1.29, 1.82) is 10.7 Å². The van der Waals surface area contributed by atoms with Crippen molar-refractivity contribution in [1.82, 2.24) is 0 Å². The van der Waals surface area contributed by atoms with E-state index in [1.165, 1.54) is 6.20 Å². The van der Waals surface area contributed by atoms with Gasteiger partial charge in [0.25, 0.3) is 0 Å². The number of allylic oxidation sites excluding steroid dienone is 1. The SMILES string of the molecule is N#CC(=CNc1ccccc1)C(=N)[Se]. The van der Waals surface area contributed by atoms with Crippen LogP contribution in [0.15, 0.2) is 42.1 Å². The molecule has 0 atom stereocenters. The van der Waals surface area contributed by atoms with Crippen molar-refractivity contribution in [2.45, 2.75) is 0 Å². The molecular formula is C10H8N3Se. The van der Waals surface area contributed by atoms with E-state index in [-0.39, 0.29) is 10.2 Å². The van der Waals surface area contributed by atoms with Crippen LogP contribution in [-0.4, -0.2) is 20.6 Å². The number of benzene rings is 1. The Balaban J connectivity index is 2.73. The Bertz CT molecular complexity index is 390. The zero-order valence-electron chi connectivity index (χ0n) is 7.32. The number of anilines is 1. The van der Waals surface area contributed by atoms with Crippen molar-refractivity contribution in [2.75, 3.05) is 5.32 Å². The molecule has 1 rings (SSSR count). The van der Waals surface area contributed by atoms with Gasteiger partial charge in [-0.2, -0.15) is 0 Å². The first-order valence-electron chi connectivity index (χ1n) is 3.92. The molecule has 0 aliphatic rings. The van der Waals surface area contributed by atoms with Gasteiger partial charge in [-0.05, 0) is 0 Å². The molecule has 69 valence electrons. The fourth-order valence-corrected chi connectivity index (χ4v) is 1.06. The predicted molar refractivity (Wildman–Crippen MR) is 57.2 cm³/mol. The third-order valence-electron chi connectivity index (χ3n) is 1.52. The van der Waals surface area contributed by atoms with Crippen LogP contribution in [0.5, 0.6) is 0 Å². The summed E-state index contributed by atoms with van der Waals surface area (Å²) in [5.41, 5.74) is 1.18. The monoisotopic (exact) mass is 250 g/mol. The van der Waals surface area contributed by atoms with E-state index in [0.29, 0.717) is 0 Å². The van der Waals surface area contributed by atoms with Crippen molar-refractivity contribution in [3.63, 3.8) is 0 Å². The molecule has 0 amide bonds. The summed E-state index contributed by atoms with van der Waals surface area (Å²) < 4.78 is 0.135. The van der Waals surface area contributed by atoms with E-state index < -0.39 is 0 Å². The van der Waals surface area contributed by atoms with Gasteiger partial charge in [-0.25, -0.2) is 0 Å². The van der Waals surface area contributed by atoms with Gasteiger partial charge in [-0.15, -0.1) is 0 Å². The molecule has 3 nitrogen and oxygen atoms in total. The summed E-state index contributed by atoms with van der Waals surface area (Å²) in [5.74, 6) is 0. The van der Waals surface area contributed by atoms with Crippen LogP contribution in [0.4, 0.5) is 5.69 Å². The molecule has 0 saturated heterocycles. The number of nitriles is 1. The van der Waals surface area contributed by atoms with E-state index >= 15 is 0 Å². The Labute approximate surface area is 90.8 Å². The zero-order chi connectivity index (χ0) is 10.4. The fraction of sp³-hybridized carbons (Fsp3) is 0. The van der Waals surface area contributed by atoms with Gasteiger partial charge in [0.05, 0.1) is 0 Å². The van der Waals surface area contributed by atoms with Gasteiger partial charge in [0.15, 0.2) is 0 Å². The Morgan fingerprint density at radius 3 is 2.57 bits per heavy atom. The molecule has 0 aliphatic carbocycles. The average Bonchev–Trinajstić information content (AvgIpc) is 2.20. The molecular weight excluding hydrogens is 241 g/mol. The van der Waals surface area contributed by atoms with Gasteiger partial charge >= 0.3 is 90.5 Å². The van der Waals surface area contributed by atoms with E-state index in [1.807, 2.05) is 36.4 Å². The molecule has 14 heavy (non-hydrogen) atoms. The van der Waals surface area contributed by atoms with E-state index in [0.717, 1.165) is 5.69 Å². The first kappa shape index (κ1) is 10.5. The van der Waals surface area contributed by atoms with Crippen molar-refractivity contribution in [3.8, 4) is 6.07 Å². The molecule has 0 aromatic heterocycles. The minimum atomic E-state index is 0.135. The van der Waals surface area contributed by atoms with E-state index in [4.69, 9.17) is 10.7 Å². The van der Waals surface area contributed by atoms with Crippen LogP contribution in [0, 0.1) is 16.7 Å². The topological polar surface area (TPSA) is 59.7 Å². The Morgan fingerprint density at radius 2 is 2.07 bits per heavy atom. The molecule has 4 heteroatoms. The van der Waals surface area contributed by atoms with Gasteiger partial charge in [0.2, 0.25) is 0 Å². The zero-order valence-corrected chi connectivity index (χ0v) is 9.03. The number of hydrogen-bond donors (Lipinski definition) is 2. The molecule has 0 aliphatic heterocycles. The van der Waals surface area contributed by atoms with E-state index in [9.17, 15) is 0 Å². The number of nitrogens with one attached hydrogen (secondary N) is 2. The Morgan fingerprint density at radius 1 is 1.43 bits per heavy atom. The summed E-state index contributed by atoms with van der Waals surface area (Å²) in [6.45, 7) is 0. The first-order valence-corrected chi connectivity index (χ1v) is 4.77. The summed E-state index contributed by atoms with van der Waals surface area (Å²) >= 11 is 2.48. The summed E-state index contributed by atoms with van der Waals surface area (Å²) in [6.07, 6.45) is 1.51. The van der Waals surface area contributed by atoms with Crippen molar-refractivity contribution < 1.29 is 0 Å². The third kappa shape index (κ3) is 3.06. The summed E-state index contributed by atoms with van der Waals surface area (Å²) in [5, 5.41) is 18.8. The number of rotatable bonds is 3. The average molecular weight is 249 g/mol. The molecule has 0 spiro atoms. The van der Waals surface area contributed by atoms with E-state index in [1.54, 1.807) is 0 Å². The maximum atomic E-state index is 8.66. The van der Waals surface area contributed by atoms with Crippen LogP contribution < -0.4 is 5.32 Å². The Hall–Kier alpha value is -1.56. The molecule has 0 saturated carbocycles. The third-order valence-corrected chi connectivity index (χ3v) is 1.98. The molecule has 0 fully saturated rings. The van der Waals surface area contributed by atoms with Gasteiger partial charge in [0, 0.05) is 0 Å². The van der Waals surface area contributed by atoms with Crippen LogP contribution in [0.3, 0.4) is 0 Å². The van der Waals surface area contributed by atoms with Crippen LogP contribution in [0.2, 0.25) is 0 Å². The van der Waals surface area contributed by atoms with Crippen molar-refractivity contribution in [3.05, 3.63) is 42.1 Å². The van der Waals surface area contributed by atoms with Gasteiger partial charge < -0.3 is 0 Å². The molecule has 0 unspecified atom stereocenters. The number of para-hydroxylation sites is 1. The molecule has 1 radical (unpaired) electrons. The van der Waals surface area contributed by atoms with Crippen molar-refractivity contribution >= 4 is 26.3 Å². The van der Waals surface area contributed by atoms with Gasteiger partial charge in [0.1, 0.15) is 0 Å². The van der Waals surface area contributed by atoms with Gasteiger partial charge in [-0.3, -0.25) is 0 Å². The minimum absolute atomic E-state index is 0.135. The van der Waals surface area contributed by atoms with Crippen LogP contribution >= 0.6 is 0 Å². The molecule has 1 aromatic rings. The number of nitrogens with zero attached hydrogens (tertiary/aromatic N) is 1. The van der Waals surface area contributed by atoms with Crippen LogP contribution in [0.1, 0.15) is 0 Å². The molecule has 1 aromatic carbocycles. The summed E-state index contributed by atoms with van der Waals surface area (Å²) in [4.78, 5) is 0. The van der Waals surface area contributed by atoms with Crippen molar-refractivity contribution in [2.24, 2.45) is 0 Å². The standard InChI is InChI=1S/C10H8N3Se/c11-6-8(10(12)14)7-13-9-4-2-1-3-5-9/h1-5,7,12-13H. The molecule has 0 bridgehead atoms. The fourth-order valence-electron chi connectivity index (χ4n) is 0.838. The van der Waals surface area contributed by atoms with E-state index in [2.05, 4.69) is 21.3 Å². The number of hydrogen-bond acceptors (Lipinski definition) is 3. The van der Waals surface area contributed by atoms with Crippen LogP contribution in [-0.2, 0) is 0 Å². The second kappa shape index (κ2) is 5.23. The summed E-state index contributed by atoms with van der Waals surface area (Å²) in [6, 6.07) is 11.4. The predicted octanol–water partition coefficient (Wildman–Crippen LogP) is 1.65. The summed E-state index contributed by atoms with van der Waals surface area (Å²) in [7, 11) is 0. The van der Waals surface area contributed by atoms with Gasteiger partial charge in [-0.1, -0.05) is 0 Å². The normalized spacial score (nSPS) is 10.4. The second-order valence-corrected chi connectivity index (χ2v) is 3.37. The molecule has 0 heterocycles. The first-order chi connectivity index (χ1) is 6.74. The maximum absolute atomic E-state index is 8.66.